The molecule has 51 heavy (non-hydrogen) atoms. The molecule has 302 valence electrons. The third-order valence-electron chi connectivity index (χ3n) is 9.53. The predicted molar refractivity (Wildman–Crippen MR) is 212 cm³/mol. The van der Waals surface area contributed by atoms with Crippen molar-refractivity contribution in [3.63, 3.8) is 0 Å². The van der Waals surface area contributed by atoms with Crippen LogP contribution in [0.25, 0.3) is 0 Å². The molecule has 8 nitrogen and oxygen atoms in total. The zero-order chi connectivity index (χ0) is 37.5. The number of phosphoric ester groups is 1. The van der Waals surface area contributed by atoms with E-state index in [-0.39, 0.29) is 19.4 Å². The number of carbonyl (C=O) groups excluding carboxylic acids is 2. The second-order valence-electron chi connectivity index (χ2n) is 14.7. The Balaban J connectivity index is 3.86. The van der Waals surface area contributed by atoms with Gasteiger partial charge in [0.15, 0.2) is 6.10 Å². The molecule has 0 aromatic carbocycles. The van der Waals surface area contributed by atoms with Crippen molar-refractivity contribution in [3.05, 3.63) is 12.2 Å². The molecule has 0 aliphatic carbocycles. The Morgan fingerprint density at radius 2 is 0.824 bits per heavy atom. The van der Waals surface area contributed by atoms with Crippen molar-refractivity contribution in [2.24, 2.45) is 0 Å². The summed E-state index contributed by atoms with van der Waals surface area (Å²) in [6.07, 6.45) is 42.2. The summed E-state index contributed by atoms with van der Waals surface area (Å²) in [6.45, 7) is 3.69. The van der Waals surface area contributed by atoms with Gasteiger partial charge in [-0.15, -0.1) is 0 Å². The van der Waals surface area contributed by atoms with Crippen molar-refractivity contribution in [3.8, 4) is 0 Å². The maximum atomic E-state index is 12.4. The number of ether oxygens (including phenoxy) is 2. The first-order valence-corrected chi connectivity index (χ1v) is 23.0. The van der Waals surface area contributed by atoms with Gasteiger partial charge in [0.05, 0.1) is 6.61 Å². The van der Waals surface area contributed by atoms with E-state index in [1.165, 1.54) is 141 Å². The number of rotatable bonds is 40. The molecule has 0 spiro atoms. The summed E-state index contributed by atoms with van der Waals surface area (Å²) < 4.78 is 26.4. The molecule has 0 saturated carbocycles. The Kier molecular flexibility index (Phi) is 37.6. The maximum Gasteiger partial charge on any atom is 0.469 e. The number of hydrogen-bond donors (Lipinski definition) is 2. The minimum Gasteiger partial charge on any atom is -0.462 e. The Morgan fingerprint density at radius 3 is 1.20 bits per heavy atom. The van der Waals surface area contributed by atoms with Crippen LogP contribution in [0.5, 0.6) is 0 Å². The van der Waals surface area contributed by atoms with Gasteiger partial charge >= 0.3 is 19.8 Å². The molecular formula is C42H81O8P. The van der Waals surface area contributed by atoms with E-state index >= 15 is 0 Å². The first-order valence-electron chi connectivity index (χ1n) is 21.5. The third kappa shape index (κ3) is 41.4. The predicted octanol–water partition coefficient (Wildman–Crippen LogP) is 13.0. The van der Waals surface area contributed by atoms with Crippen molar-refractivity contribution < 1.29 is 37.9 Å². The number of carbonyl (C=O) groups is 2. The van der Waals surface area contributed by atoms with Crippen LogP contribution in [0.4, 0.5) is 0 Å². The lowest BCUT2D eigenvalue weighted by molar-refractivity contribution is -0.161. The Bertz CT molecular complexity index is 843. The van der Waals surface area contributed by atoms with E-state index in [9.17, 15) is 14.2 Å². The average Bonchev–Trinajstić information content (AvgIpc) is 3.10. The zero-order valence-electron chi connectivity index (χ0n) is 33.3. The maximum absolute atomic E-state index is 12.4. The van der Waals surface area contributed by atoms with Gasteiger partial charge in [-0.05, 0) is 38.5 Å². The molecule has 9 heteroatoms. The fourth-order valence-corrected chi connectivity index (χ4v) is 6.67. The molecule has 0 unspecified atom stereocenters. The Labute approximate surface area is 314 Å². The molecule has 0 heterocycles. The van der Waals surface area contributed by atoms with E-state index in [4.69, 9.17) is 19.3 Å². The zero-order valence-corrected chi connectivity index (χ0v) is 34.2. The minimum atomic E-state index is -4.75. The molecule has 0 rings (SSSR count). The van der Waals surface area contributed by atoms with Crippen LogP contribution in [0.15, 0.2) is 12.2 Å². The molecule has 0 radical (unpaired) electrons. The van der Waals surface area contributed by atoms with E-state index in [0.717, 1.165) is 51.4 Å². The summed E-state index contributed by atoms with van der Waals surface area (Å²) in [5.74, 6) is -0.882. The quantitative estimate of drug-likeness (QED) is 0.0275. The molecule has 0 fully saturated rings. The molecule has 0 aromatic rings. The standard InChI is InChI=1S/C42H81O8P/c1-3-5-7-9-11-13-15-17-19-20-21-22-23-25-27-29-31-33-35-37-42(44)50-40(39-49-51(45,46)47)38-48-41(43)36-34-32-30-28-26-24-18-16-14-12-10-8-6-4-2/h16,18,40H,3-15,17,19-39H2,1-2H3,(H2,45,46,47)/b18-16+/t40-/m1/s1. The van der Waals surface area contributed by atoms with Crippen molar-refractivity contribution in [1.82, 2.24) is 0 Å². The Morgan fingerprint density at radius 1 is 0.490 bits per heavy atom. The molecule has 0 bridgehead atoms. The third-order valence-corrected chi connectivity index (χ3v) is 10.0. The summed E-state index contributed by atoms with van der Waals surface area (Å²) in [5, 5.41) is 0. The summed E-state index contributed by atoms with van der Waals surface area (Å²) in [6, 6.07) is 0. The number of allylic oxidation sites excluding steroid dienone is 2. The SMILES string of the molecule is CCCCCCC/C=C/CCCCCCCC(=O)OC[C@H](COP(=O)(O)O)OC(=O)CCCCCCCCCCCCCCCCCCCCC. The highest BCUT2D eigenvalue weighted by Gasteiger charge is 2.22. The lowest BCUT2D eigenvalue weighted by Crippen LogP contribution is -2.29. The van der Waals surface area contributed by atoms with Gasteiger partial charge in [-0.3, -0.25) is 14.1 Å². The molecule has 0 aliphatic heterocycles. The highest BCUT2D eigenvalue weighted by molar-refractivity contribution is 7.46. The van der Waals surface area contributed by atoms with E-state index in [1.807, 2.05) is 0 Å². The molecule has 0 saturated heterocycles. The fraction of sp³-hybridized carbons (Fsp3) is 0.905. The number of phosphoric acid groups is 1. The fourth-order valence-electron chi connectivity index (χ4n) is 6.31. The van der Waals surface area contributed by atoms with Gasteiger partial charge in [0, 0.05) is 12.8 Å². The van der Waals surface area contributed by atoms with Gasteiger partial charge < -0.3 is 19.3 Å². The van der Waals surface area contributed by atoms with Gasteiger partial charge in [-0.1, -0.05) is 187 Å². The highest BCUT2D eigenvalue weighted by Crippen LogP contribution is 2.36. The molecule has 0 aromatic heterocycles. The molecule has 0 amide bonds. The first kappa shape index (κ1) is 49.8. The normalized spacial score (nSPS) is 12.5. The van der Waals surface area contributed by atoms with E-state index in [2.05, 4.69) is 30.5 Å². The molecule has 1 atom stereocenters. The second-order valence-corrected chi connectivity index (χ2v) is 15.9. The first-order chi connectivity index (χ1) is 24.8. The highest BCUT2D eigenvalue weighted by atomic mass is 31.2. The van der Waals surface area contributed by atoms with Crippen molar-refractivity contribution in [1.29, 1.82) is 0 Å². The minimum absolute atomic E-state index is 0.216. The average molecular weight is 745 g/mol. The van der Waals surface area contributed by atoms with Gasteiger partial charge in [-0.2, -0.15) is 0 Å². The number of esters is 2. The summed E-state index contributed by atoms with van der Waals surface area (Å²) in [5.41, 5.74) is 0. The topological polar surface area (TPSA) is 119 Å². The van der Waals surface area contributed by atoms with Crippen molar-refractivity contribution in [2.75, 3.05) is 13.2 Å². The second kappa shape index (κ2) is 38.5. The number of hydrogen-bond acceptors (Lipinski definition) is 6. The molecule has 0 aliphatic rings. The van der Waals surface area contributed by atoms with Crippen molar-refractivity contribution >= 4 is 19.8 Å². The largest absolute Gasteiger partial charge is 0.469 e. The number of unbranched alkanes of at least 4 members (excludes halogenated alkanes) is 28. The summed E-state index contributed by atoms with van der Waals surface area (Å²) in [4.78, 5) is 42.8. The van der Waals surface area contributed by atoms with Gasteiger partial charge in [0.2, 0.25) is 0 Å². The van der Waals surface area contributed by atoms with E-state index in [1.54, 1.807) is 0 Å². The van der Waals surface area contributed by atoms with Crippen LogP contribution in [0.2, 0.25) is 0 Å². The summed E-state index contributed by atoms with van der Waals surface area (Å²) in [7, 11) is -4.75. The van der Waals surface area contributed by atoms with E-state index < -0.39 is 32.5 Å². The van der Waals surface area contributed by atoms with Crippen molar-refractivity contribution in [2.45, 2.75) is 232 Å². The molecular weight excluding hydrogens is 663 g/mol. The van der Waals surface area contributed by atoms with Crippen LogP contribution in [0, 0.1) is 0 Å². The van der Waals surface area contributed by atoms with Crippen LogP contribution in [-0.4, -0.2) is 41.0 Å². The molecule has 2 N–H and O–H groups in total. The van der Waals surface area contributed by atoms with Gasteiger partial charge in [-0.25, -0.2) is 4.57 Å². The van der Waals surface area contributed by atoms with Gasteiger partial charge in [0.1, 0.15) is 6.61 Å². The smallest absolute Gasteiger partial charge is 0.462 e. The van der Waals surface area contributed by atoms with Crippen LogP contribution < -0.4 is 0 Å². The van der Waals surface area contributed by atoms with Crippen LogP contribution in [-0.2, 0) is 28.2 Å². The van der Waals surface area contributed by atoms with Crippen LogP contribution in [0.3, 0.4) is 0 Å². The lowest BCUT2D eigenvalue weighted by Gasteiger charge is -2.18. The van der Waals surface area contributed by atoms with E-state index in [0.29, 0.717) is 6.42 Å². The Hall–Kier alpha value is -1.21. The van der Waals surface area contributed by atoms with Crippen LogP contribution >= 0.6 is 7.82 Å². The van der Waals surface area contributed by atoms with Gasteiger partial charge in [0.25, 0.3) is 0 Å². The lowest BCUT2D eigenvalue weighted by atomic mass is 10.0. The van der Waals surface area contributed by atoms with Crippen LogP contribution in [0.1, 0.15) is 226 Å². The summed E-state index contributed by atoms with van der Waals surface area (Å²) >= 11 is 0. The monoisotopic (exact) mass is 745 g/mol.